The summed E-state index contributed by atoms with van der Waals surface area (Å²) in [6, 6.07) is -0.276. The smallest absolute Gasteiger partial charge is 0.150 e. The summed E-state index contributed by atoms with van der Waals surface area (Å²) < 4.78 is 5.34. The molecule has 1 fully saturated rings. The lowest BCUT2D eigenvalue weighted by atomic mass is 9.90. The molecule has 1 rings (SSSR count). The van der Waals surface area contributed by atoms with Gasteiger partial charge in [-0.25, -0.2) is 0 Å². The minimum absolute atomic E-state index is 0.234. The van der Waals surface area contributed by atoms with Gasteiger partial charge in [-0.15, -0.1) is 0 Å². The van der Waals surface area contributed by atoms with E-state index in [1.807, 2.05) is 0 Å². The molecule has 0 aromatic rings. The summed E-state index contributed by atoms with van der Waals surface area (Å²) >= 11 is 0. The van der Waals surface area contributed by atoms with Gasteiger partial charge in [-0.3, -0.25) is 9.69 Å². The maximum atomic E-state index is 12.1. The first-order valence-corrected chi connectivity index (χ1v) is 8.13. The van der Waals surface area contributed by atoms with Crippen molar-refractivity contribution >= 4 is 5.78 Å². The third kappa shape index (κ3) is 6.33. The van der Waals surface area contributed by atoms with Gasteiger partial charge in [0.25, 0.3) is 0 Å². The zero-order valence-corrected chi connectivity index (χ0v) is 13.4. The molecule has 4 heteroatoms. The molecule has 4 nitrogen and oxygen atoms in total. The molecule has 1 saturated heterocycles. The van der Waals surface area contributed by atoms with Gasteiger partial charge < -0.3 is 10.5 Å². The molecule has 0 radical (unpaired) electrons. The second kappa shape index (κ2) is 9.48. The summed E-state index contributed by atoms with van der Waals surface area (Å²) in [6.07, 6.45) is 3.87. The Labute approximate surface area is 124 Å². The molecule has 2 N–H and O–H groups in total. The minimum Gasteiger partial charge on any atom is -0.379 e. The van der Waals surface area contributed by atoms with Gasteiger partial charge in [0.2, 0.25) is 0 Å². The van der Waals surface area contributed by atoms with Gasteiger partial charge in [0, 0.05) is 19.5 Å². The Bertz CT molecular complexity index is 278. The van der Waals surface area contributed by atoms with Crippen molar-refractivity contribution in [1.82, 2.24) is 4.90 Å². The topological polar surface area (TPSA) is 55.6 Å². The van der Waals surface area contributed by atoms with Crippen LogP contribution in [0.25, 0.3) is 0 Å². The van der Waals surface area contributed by atoms with E-state index >= 15 is 0 Å². The van der Waals surface area contributed by atoms with E-state index in [1.54, 1.807) is 0 Å². The second-order valence-electron chi connectivity index (χ2n) is 6.28. The van der Waals surface area contributed by atoms with Gasteiger partial charge in [-0.05, 0) is 31.2 Å². The highest BCUT2D eigenvalue weighted by Crippen LogP contribution is 2.16. The standard InChI is InChI=1S/C16H32N2O2/c1-4-14(3)16(17)15(19)12-13(2)6-5-7-18-8-10-20-11-9-18/h13-14,16H,4-12,17H2,1-3H3. The monoisotopic (exact) mass is 284 g/mol. The number of carbonyl (C=O) groups is 1. The number of hydrogen-bond donors (Lipinski definition) is 1. The van der Waals surface area contributed by atoms with Crippen molar-refractivity contribution in [2.75, 3.05) is 32.8 Å². The Kier molecular flexibility index (Phi) is 8.34. The van der Waals surface area contributed by atoms with Crippen molar-refractivity contribution in [2.45, 2.75) is 52.5 Å². The van der Waals surface area contributed by atoms with E-state index in [-0.39, 0.29) is 11.8 Å². The maximum Gasteiger partial charge on any atom is 0.150 e. The lowest BCUT2D eigenvalue weighted by Crippen LogP contribution is -2.38. The Morgan fingerprint density at radius 1 is 1.30 bits per heavy atom. The highest BCUT2D eigenvalue weighted by Gasteiger charge is 2.21. The van der Waals surface area contributed by atoms with Crippen LogP contribution in [0.5, 0.6) is 0 Å². The van der Waals surface area contributed by atoms with E-state index in [2.05, 4.69) is 25.7 Å². The highest BCUT2D eigenvalue weighted by molar-refractivity contribution is 5.84. The Balaban J connectivity index is 2.15. The molecule has 0 bridgehead atoms. The Morgan fingerprint density at radius 2 is 1.95 bits per heavy atom. The van der Waals surface area contributed by atoms with Crippen molar-refractivity contribution in [3.8, 4) is 0 Å². The summed E-state index contributed by atoms with van der Waals surface area (Å²) in [4.78, 5) is 14.5. The lowest BCUT2D eigenvalue weighted by molar-refractivity contribution is -0.122. The van der Waals surface area contributed by atoms with Gasteiger partial charge in [0.05, 0.1) is 19.3 Å². The molecule has 0 saturated carbocycles. The normalized spacial score (nSPS) is 21.4. The number of morpholine rings is 1. The number of nitrogens with zero attached hydrogens (tertiary/aromatic N) is 1. The fourth-order valence-electron chi connectivity index (χ4n) is 2.64. The molecule has 20 heavy (non-hydrogen) atoms. The lowest BCUT2D eigenvalue weighted by Gasteiger charge is -2.27. The molecule has 3 unspecified atom stereocenters. The number of hydrogen-bond acceptors (Lipinski definition) is 4. The van der Waals surface area contributed by atoms with E-state index in [0.29, 0.717) is 18.3 Å². The summed E-state index contributed by atoms with van der Waals surface area (Å²) in [7, 11) is 0. The summed E-state index contributed by atoms with van der Waals surface area (Å²) in [5, 5.41) is 0. The maximum absolute atomic E-state index is 12.1. The zero-order chi connectivity index (χ0) is 15.0. The molecule has 0 aromatic heterocycles. The largest absolute Gasteiger partial charge is 0.379 e. The number of Topliss-reactive ketones (excluding diaryl/α,β-unsaturated/α-hetero) is 1. The summed E-state index contributed by atoms with van der Waals surface area (Å²) in [5.74, 6) is 0.972. The first kappa shape index (κ1) is 17.6. The van der Waals surface area contributed by atoms with E-state index in [4.69, 9.17) is 10.5 Å². The number of carbonyl (C=O) groups excluding carboxylic acids is 1. The van der Waals surface area contributed by atoms with Crippen molar-refractivity contribution < 1.29 is 9.53 Å². The van der Waals surface area contributed by atoms with Gasteiger partial charge in [0.1, 0.15) is 5.78 Å². The van der Waals surface area contributed by atoms with E-state index in [9.17, 15) is 4.79 Å². The number of ether oxygens (including phenoxy) is 1. The average molecular weight is 284 g/mol. The van der Waals surface area contributed by atoms with Crippen LogP contribution in [0.3, 0.4) is 0 Å². The number of rotatable bonds is 9. The van der Waals surface area contributed by atoms with Crippen molar-refractivity contribution in [3.63, 3.8) is 0 Å². The van der Waals surface area contributed by atoms with E-state index in [1.165, 1.54) is 0 Å². The molecule has 118 valence electrons. The molecule has 3 atom stereocenters. The van der Waals surface area contributed by atoms with Crippen LogP contribution in [0, 0.1) is 11.8 Å². The fraction of sp³-hybridized carbons (Fsp3) is 0.938. The molecule has 0 spiro atoms. The zero-order valence-electron chi connectivity index (χ0n) is 13.4. The molecule has 0 aromatic carbocycles. The van der Waals surface area contributed by atoms with Gasteiger partial charge in [-0.1, -0.05) is 27.2 Å². The van der Waals surface area contributed by atoms with Crippen molar-refractivity contribution in [3.05, 3.63) is 0 Å². The molecule has 1 aliphatic heterocycles. The molecule has 0 aliphatic carbocycles. The van der Waals surface area contributed by atoms with Crippen LogP contribution < -0.4 is 5.73 Å². The van der Waals surface area contributed by atoms with Gasteiger partial charge in [-0.2, -0.15) is 0 Å². The number of nitrogens with two attached hydrogens (primary N) is 1. The Hall–Kier alpha value is -0.450. The quantitative estimate of drug-likeness (QED) is 0.704. The van der Waals surface area contributed by atoms with Crippen LogP contribution in [0.2, 0.25) is 0 Å². The first-order chi connectivity index (χ1) is 9.54. The van der Waals surface area contributed by atoms with Crippen LogP contribution in [0.4, 0.5) is 0 Å². The molecular weight excluding hydrogens is 252 g/mol. The third-order valence-corrected chi connectivity index (χ3v) is 4.45. The SMILES string of the molecule is CCC(C)C(N)C(=O)CC(C)CCCN1CCOCC1. The van der Waals surface area contributed by atoms with Crippen molar-refractivity contribution in [1.29, 1.82) is 0 Å². The van der Waals surface area contributed by atoms with Crippen LogP contribution in [-0.2, 0) is 9.53 Å². The molecule has 1 heterocycles. The highest BCUT2D eigenvalue weighted by atomic mass is 16.5. The minimum atomic E-state index is -0.276. The average Bonchev–Trinajstić information content (AvgIpc) is 2.46. The van der Waals surface area contributed by atoms with Gasteiger partial charge >= 0.3 is 0 Å². The number of ketones is 1. The Morgan fingerprint density at radius 3 is 2.55 bits per heavy atom. The molecule has 0 amide bonds. The van der Waals surface area contributed by atoms with E-state index in [0.717, 1.165) is 52.1 Å². The van der Waals surface area contributed by atoms with Crippen LogP contribution in [0.1, 0.15) is 46.5 Å². The summed E-state index contributed by atoms with van der Waals surface area (Å²) in [5.41, 5.74) is 5.99. The second-order valence-corrected chi connectivity index (χ2v) is 6.28. The summed E-state index contributed by atoms with van der Waals surface area (Å²) in [6.45, 7) is 11.3. The van der Waals surface area contributed by atoms with Crippen LogP contribution in [0.15, 0.2) is 0 Å². The fourth-order valence-corrected chi connectivity index (χ4v) is 2.64. The van der Waals surface area contributed by atoms with Gasteiger partial charge in [0.15, 0.2) is 0 Å². The predicted octanol–water partition coefficient (Wildman–Crippen LogP) is 2.07. The first-order valence-electron chi connectivity index (χ1n) is 8.13. The predicted molar refractivity (Wildman–Crippen MR) is 82.7 cm³/mol. The van der Waals surface area contributed by atoms with E-state index < -0.39 is 0 Å². The third-order valence-electron chi connectivity index (χ3n) is 4.45. The van der Waals surface area contributed by atoms with Crippen LogP contribution in [-0.4, -0.2) is 49.6 Å². The van der Waals surface area contributed by atoms with Crippen LogP contribution >= 0.6 is 0 Å². The molecular formula is C16H32N2O2. The molecule has 1 aliphatic rings. The van der Waals surface area contributed by atoms with Crippen molar-refractivity contribution in [2.24, 2.45) is 17.6 Å².